The molecule has 0 bridgehead atoms. The number of amides is 1. The Kier molecular flexibility index (Phi) is 6.86. The van der Waals surface area contributed by atoms with Gasteiger partial charge >= 0.3 is 0 Å². The van der Waals surface area contributed by atoms with Gasteiger partial charge in [-0.05, 0) is 68.1 Å². The predicted molar refractivity (Wildman–Crippen MR) is 134 cm³/mol. The summed E-state index contributed by atoms with van der Waals surface area (Å²) in [5.41, 5.74) is 4.71. The zero-order valence-corrected chi connectivity index (χ0v) is 20.6. The van der Waals surface area contributed by atoms with E-state index in [1.54, 1.807) is 32.0 Å². The van der Waals surface area contributed by atoms with Crippen LogP contribution < -0.4 is 20.3 Å². The molecule has 0 unspecified atom stereocenters. The molecule has 4 rings (SSSR count). The number of nitrogens with zero attached hydrogens (tertiary/aromatic N) is 4. The van der Waals surface area contributed by atoms with Crippen LogP contribution in [0.1, 0.15) is 22.4 Å². The first-order chi connectivity index (χ1) is 16.8. The van der Waals surface area contributed by atoms with Crippen LogP contribution in [0.25, 0.3) is 16.6 Å². The zero-order chi connectivity index (χ0) is 25.1. The van der Waals surface area contributed by atoms with E-state index in [-0.39, 0.29) is 18.0 Å². The minimum atomic E-state index is -0.364. The molecule has 9 nitrogen and oxygen atoms in total. The monoisotopic (exact) mass is 475 g/mol. The third-order valence-electron chi connectivity index (χ3n) is 6.08. The molecular weight excluding hydrogens is 446 g/mol. The van der Waals surface area contributed by atoms with Crippen molar-refractivity contribution in [2.45, 2.75) is 33.7 Å². The lowest BCUT2D eigenvalue weighted by Crippen LogP contribution is -2.35. The summed E-state index contributed by atoms with van der Waals surface area (Å²) in [6.45, 7) is 6.08. The Labute approximate surface area is 203 Å². The van der Waals surface area contributed by atoms with Gasteiger partial charge in [-0.1, -0.05) is 12.1 Å². The molecule has 0 atom stereocenters. The highest BCUT2D eigenvalue weighted by Gasteiger charge is 2.17. The standard InChI is InChI=1S/C26H29N5O4/c1-16-6-8-20(12-17(16)2)31-25-21(14-28-31)18(3)29-30(26(25)33)15-24(32)27-11-10-19-7-9-22(34-4)23(13-19)35-5/h6-9,12-14H,10-11,15H2,1-5H3,(H,27,32). The van der Waals surface area contributed by atoms with Gasteiger partial charge in [-0.25, -0.2) is 9.36 Å². The maximum absolute atomic E-state index is 13.3. The van der Waals surface area contributed by atoms with Crippen molar-refractivity contribution >= 4 is 16.8 Å². The molecule has 9 heteroatoms. The van der Waals surface area contributed by atoms with Gasteiger partial charge in [0.25, 0.3) is 5.56 Å². The fraction of sp³-hybridized carbons (Fsp3) is 0.308. The molecule has 182 valence electrons. The number of hydrogen-bond donors (Lipinski definition) is 1. The summed E-state index contributed by atoms with van der Waals surface area (Å²) in [7, 11) is 3.17. The fourth-order valence-corrected chi connectivity index (χ4v) is 3.96. The molecule has 0 radical (unpaired) electrons. The first kappa shape index (κ1) is 24.0. The van der Waals surface area contributed by atoms with E-state index in [1.165, 1.54) is 4.68 Å². The summed E-state index contributed by atoms with van der Waals surface area (Å²) < 4.78 is 13.4. The van der Waals surface area contributed by atoms with E-state index in [0.29, 0.717) is 41.1 Å². The highest BCUT2D eigenvalue weighted by molar-refractivity contribution is 5.82. The summed E-state index contributed by atoms with van der Waals surface area (Å²) in [6.07, 6.45) is 2.24. The number of carbonyl (C=O) groups excluding carboxylic acids is 1. The van der Waals surface area contributed by atoms with E-state index in [1.807, 2.05) is 50.2 Å². The van der Waals surface area contributed by atoms with Crippen molar-refractivity contribution in [1.82, 2.24) is 24.9 Å². The highest BCUT2D eigenvalue weighted by Crippen LogP contribution is 2.27. The van der Waals surface area contributed by atoms with Crippen LogP contribution in [0.15, 0.2) is 47.4 Å². The van der Waals surface area contributed by atoms with Crippen LogP contribution in [0.3, 0.4) is 0 Å². The SMILES string of the molecule is COc1ccc(CCNC(=O)Cn2nc(C)c3cnn(-c4ccc(C)c(C)c4)c3c2=O)cc1OC. The van der Waals surface area contributed by atoms with E-state index in [4.69, 9.17) is 9.47 Å². The van der Waals surface area contributed by atoms with Crippen LogP contribution in [0.4, 0.5) is 0 Å². The molecule has 35 heavy (non-hydrogen) atoms. The first-order valence-corrected chi connectivity index (χ1v) is 11.3. The predicted octanol–water partition coefficient (Wildman–Crippen LogP) is 2.88. The lowest BCUT2D eigenvalue weighted by atomic mass is 10.1. The summed E-state index contributed by atoms with van der Waals surface area (Å²) in [5, 5.41) is 12.3. The maximum Gasteiger partial charge on any atom is 0.293 e. The molecule has 0 spiro atoms. The molecule has 0 fully saturated rings. The van der Waals surface area contributed by atoms with Crippen molar-refractivity contribution in [3.8, 4) is 17.2 Å². The first-order valence-electron chi connectivity index (χ1n) is 11.3. The van der Waals surface area contributed by atoms with E-state index in [9.17, 15) is 9.59 Å². The van der Waals surface area contributed by atoms with Gasteiger partial charge in [0.2, 0.25) is 5.91 Å². The third kappa shape index (κ3) is 4.89. The van der Waals surface area contributed by atoms with Crippen molar-refractivity contribution in [2.75, 3.05) is 20.8 Å². The molecule has 0 aliphatic heterocycles. The number of carbonyl (C=O) groups is 1. The van der Waals surface area contributed by atoms with Gasteiger partial charge in [0.15, 0.2) is 11.5 Å². The van der Waals surface area contributed by atoms with Crippen molar-refractivity contribution in [1.29, 1.82) is 0 Å². The Morgan fingerprint density at radius 1 is 1.00 bits per heavy atom. The van der Waals surface area contributed by atoms with Crippen molar-refractivity contribution in [2.24, 2.45) is 0 Å². The van der Waals surface area contributed by atoms with Gasteiger partial charge in [0.05, 0.1) is 31.8 Å². The maximum atomic E-state index is 13.3. The molecule has 0 saturated carbocycles. The molecule has 0 aliphatic rings. The minimum absolute atomic E-state index is 0.181. The number of methoxy groups -OCH3 is 2. The van der Waals surface area contributed by atoms with Crippen LogP contribution in [-0.4, -0.2) is 46.2 Å². The lowest BCUT2D eigenvalue weighted by Gasteiger charge is -2.11. The van der Waals surface area contributed by atoms with E-state index in [0.717, 1.165) is 22.4 Å². The Morgan fingerprint density at radius 2 is 1.77 bits per heavy atom. The molecule has 4 aromatic rings. The largest absolute Gasteiger partial charge is 0.493 e. The summed E-state index contributed by atoms with van der Waals surface area (Å²) in [5.74, 6) is 0.990. The molecule has 2 aromatic heterocycles. The Hall–Kier alpha value is -4.14. The van der Waals surface area contributed by atoms with Crippen molar-refractivity contribution < 1.29 is 14.3 Å². The number of ether oxygens (including phenoxy) is 2. The Morgan fingerprint density at radius 3 is 2.49 bits per heavy atom. The molecule has 2 heterocycles. The Bertz CT molecular complexity index is 1450. The molecule has 2 aromatic carbocycles. The van der Waals surface area contributed by atoms with Crippen LogP contribution in [0.5, 0.6) is 11.5 Å². The smallest absolute Gasteiger partial charge is 0.293 e. The van der Waals surface area contributed by atoms with Crippen molar-refractivity contribution in [3.63, 3.8) is 0 Å². The third-order valence-corrected chi connectivity index (χ3v) is 6.08. The molecule has 0 saturated heterocycles. The fourth-order valence-electron chi connectivity index (χ4n) is 3.96. The summed E-state index contributed by atoms with van der Waals surface area (Å²) in [6, 6.07) is 11.5. The van der Waals surface area contributed by atoms with Crippen LogP contribution >= 0.6 is 0 Å². The van der Waals surface area contributed by atoms with E-state index >= 15 is 0 Å². The highest BCUT2D eigenvalue weighted by atomic mass is 16.5. The molecule has 1 amide bonds. The quantitative estimate of drug-likeness (QED) is 0.421. The van der Waals surface area contributed by atoms with Crippen LogP contribution in [0, 0.1) is 20.8 Å². The number of nitrogens with one attached hydrogen (secondary N) is 1. The van der Waals surface area contributed by atoms with Gasteiger partial charge in [-0.15, -0.1) is 0 Å². The number of hydrogen-bond acceptors (Lipinski definition) is 6. The average molecular weight is 476 g/mol. The summed E-state index contributed by atoms with van der Waals surface area (Å²) in [4.78, 5) is 25.9. The van der Waals surface area contributed by atoms with E-state index in [2.05, 4.69) is 15.5 Å². The number of rotatable bonds is 8. The van der Waals surface area contributed by atoms with E-state index < -0.39 is 0 Å². The van der Waals surface area contributed by atoms with Gasteiger partial charge in [-0.2, -0.15) is 10.2 Å². The number of aromatic nitrogens is 4. The normalized spacial score (nSPS) is 11.0. The number of aryl methyl sites for hydroxylation is 3. The van der Waals surface area contributed by atoms with Crippen LogP contribution in [-0.2, 0) is 17.8 Å². The molecular formula is C26H29N5O4. The second kappa shape index (κ2) is 10.0. The number of fused-ring (bicyclic) bond motifs is 1. The topological polar surface area (TPSA) is 100 Å². The zero-order valence-electron chi connectivity index (χ0n) is 20.6. The van der Waals surface area contributed by atoms with Gasteiger partial charge in [-0.3, -0.25) is 9.59 Å². The van der Waals surface area contributed by atoms with Crippen molar-refractivity contribution in [3.05, 3.63) is 75.3 Å². The van der Waals surface area contributed by atoms with Crippen LogP contribution in [0.2, 0.25) is 0 Å². The Balaban J connectivity index is 1.51. The second-order valence-electron chi connectivity index (χ2n) is 8.42. The summed E-state index contributed by atoms with van der Waals surface area (Å²) >= 11 is 0. The minimum Gasteiger partial charge on any atom is -0.493 e. The lowest BCUT2D eigenvalue weighted by molar-refractivity contribution is -0.121. The van der Waals surface area contributed by atoms with Gasteiger partial charge < -0.3 is 14.8 Å². The van der Waals surface area contributed by atoms with Gasteiger partial charge in [0.1, 0.15) is 12.1 Å². The molecule has 1 N–H and O–H groups in total. The second-order valence-corrected chi connectivity index (χ2v) is 8.42. The molecule has 0 aliphatic carbocycles. The number of benzene rings is 2. The average Bonchev–Trinajstić information content (AvgIpc) is 3.30. The van der Waals surface area contributed by atoms with Gasteiger partial charge in [0, 0.05) is 11.9 Å².